The van der Waals surface area contributed by atoms with Crippen LogP contribution >= 0.6 is 11.6 Å². The first-order valence-corrected chi connectivity index (χ1v) is 8.70. The monoisotopic (exact) mass is 395 g/mol. The molecule has 0 fully saturated rings. The molecule has 0 bridgehead atoms. The highest BCUT2D eigenvalue weighted by atomic mass is 35.5. The number of non-ortho nitro benzene ring substituents is 1. The number of hydrogen-bond acceptors (Lipinski definition) is 3. The molecule has 0 amide bonds. The van der Waals surface area contributed by atoms with E-state index in [0.717, 1.165) is 22.6 Å². The number of rotatable bonds is 4. The van der Waals surface area contributed by atoms with Crippen LogP contribution < -0.4 is 0 Å². The van der Waals surface area contributed by atoms with Crippen molar-refractivity contribution in [2.75, 3.05) is 0 Å². The molecular weight excluding hydrogens is 381 g/mol. The second-order valence-corrected chi connectivity index (χ2v) is 6.64. The fourth-order valence-corrected chi connectivity index (χ4v) is 3.23. The molecule has 0 unspecified atom stereocenters. The second-order valence-electron chi connectivity index (χ2n) is 6.23. The highest BCUT2D eigenvalue weighted by Gasteiger charge is 2.13. The minimum atomic E-state index is -0.488. The number of allylic oxidation sites excluding steroid dienone is 1. The van der Waals surface area contributed by atoms with Crippen LogP contribution in [0, 0.1) is 41.1 Å². The van der Waals surface area contributed by atoms with Gasteiger partial charge in [-0.05, 0) is 67.4 Å². The molecule has 0 N–H and O–H groups in total. The summed E-state index contributed by atoms with van der Waals surface area (Å²) in [7, 11) is 0. The summed E-state index contributed by atoms with van der Waals surface area (Å²) in [4.78, 5) is 10.3. The Morgan fingerprint density at radius 3 is 2.46 bits per heavy atom. The van der Waals surface area contributed by atoms with Crippen LogP contribution in [-0.2, 0) is 0 Å². The molecule has 0 aliphatic carbocycles. The molecular formula is C21H15ClFN3O2. The van der Waals surface area contributed by atoms with Crippen LogP contribution in [0.4, 0.5) is 10.1 Å². The van der Waals surface area contributed by atoms with Crippen molar-refractivity contribution in [1.29, 1.82) is 5.26 Å². The first-order valence-electron chi connectivity index (χ1n) is 8.33. The van der Waals surface area contributed by atoms with Crippen LogP contribution in [0.5, 0.6) is 0 Å². The molecule has 28 heavy (non-hydrogen) atoms. The molecule has 0 aliphatic rings. The minimum absolute atomic E-state index is 0.0330. The lowest BCUT2D eigenvalue weighted by Crippen LogP contribution is -1.99. The van der Waals surface area contributed by atoms with E-state index in [4.69, 9.17) is 11.6 Å². The third kappa shape index (κ3) is 3.66. The Labute approximate surface area is 166 Å². The summed E-state index contributed by atoms with van der Waals surface area (Å²) in [5, 5.41) is 20.4. The Morgan fingerprint density at radius 2 is 1.89 bits per heavy atom. The predicted octanol–water partition coefficient (Wildman–Crippen LogP) is 5.86. The van der Waals surface area contributed by atoms with Gasteiger partial charge in [0.1, 0.15) is 5.82 Å². The van der Waals surface area contributed by atoms with Crippen LogP contribution in [0.15, 0.2) is 48.5 Å². The molecule has 0 saturated carbocycles. The van der Waals surface area contributed by atoms with E-state index in [2.05, 4.69) is 6.07 Å². The van der Waals surface area contributed by atoms with Crippen LogP contribution in [0.2, 0.25) is 5.02 Å². The highest BCUT2D eigenvalue weighted by molar-refractivity contribution is 6.30. The van der Waals surface area contributed by atoms with Gasteiger partial charge >= 0.3 is 0 Å². The van der Waals surface area contributed by atoms with Gasteiger partial charge in [0, 0.05) is 29.2 Å². The second kappa shape index (κ2) is 7.67. The molecule has 0 atom stereocenters. The van der Waals surface area contributed by atoms with Gasteiger partial charge in [-0.1, -0.05) is 11.6 Å². The van der Waals surface area contributed by atoms with E-state index >= 15 is 0 Å². The molecule has 1 aromatic heterocycles. The van der Waals surface area contributed by atoms with Crippen molar-refractivity contribution in [2.45, 2.75) is 13.8 Å². The van der Waals surface area contributed by atoms with E-state index in [1.807, 2.05) is 24.5 Å². The lowest BCUT2D eigenvalue weighted by molar-refractivity contribution is -0.384. The SMILES string of the molecule is Cc1cc(/C=C(/C#N)c2ccc([N+](=O)[O-])cc2)c(C)n1-c1ccc(F)c(Cl)c1. The van der Waals surface area contributed by atoms with Gasteiger partial charge in [-0.2, -0.15) is 5.26 Å². The van der Waals surface area contributed by atoms with Gasteiger partial charge in [-0.15, -0.1) is 0 Å². The van der Waals surface area contributed by atoms with Gasteiger partial charge in [0.05, 0.1) is 21.6 Å². The molecule has 1 heterocycles. The minimum Gasteiger partial charge on any atom is -0.318 e. The van der Waals surface area contributed by atoms with Gasteiger partial charge < -0.3 is 4.57 Å². The van der Waals surface area contributed by atoms with E-state index in [9.17, 15) is 19.8 Å². The van der Waals surface area contributed by atoms with Crippen LogP contribution in [-0.4, -0.2) is 9.49 Å². The third-order valence-corrected chi connectivity index (χ3v) is 4.73. The zero-order chi connectivity index (χ0) is 20.4. The molecule has 140 valence electrons. The summed E-state index contributed by atoms with van der Waals surface area (Å²) in [6.07, 6.45) is 1.73. The van der Waals surface area contributed by atoms with E-state index in [-0.39, 0.29) is 10.7 Å². The summed E-state index contributed by atoms with van der Waals surface area (Å²) in [5.74, 6) is -0.488. The summed E-state index contributed by atoms with van der Waals surface area (Å²) < 4.78 is 15.4. The van der Waals surface area contributed by atoms with E-state index in [1.165, 1.54) is 18.2 Å². The summed E-state index contributed by atoms with van der Waals surface area (Å²) in [6.45, 7) is 3.79. The molecule has 2 aromatic carbocycles. The number of hydrogen-bond donors (Lipinski definition) is 0. The number of nitrogens with zero attached hydrogens (tertiary/aromatic N) is 3. The average molecular weight is 396 g/mol. The van der Waals surface area contributed by atoms with Crippen molar-refractivity contribution in [1.82, 2.24) is 4.57 Å². The molecule has 0 radical (unpaired) electrons. The van der Waals surface area contributed by atoms with Gasteiger partial charge in [0.2, 0.25) is 0 Å². The van der Waals surface area contributed by atoms with Gasteiger partial charge in [-0.25, -0.2) is 4.39 Å². The largest absolute Gasteiger partial charge is 0.318 e. The number of halogens is 2. The molecule has 3 rings (SSSR count). The Hall–Kier alpha value is -3.43. The maximum Gasteiger partial charge on any atom is 0.269 e. The zero-order valence-electron chi connectivity index (χ0n) is 15.1. The number of nitro benzene ring substituents is 1. The summed E-state index contributed by atoms with van der Waals surface area (Å²) >= 11 is 5.91. The van der Waals surface area contributed by atoms with Crippen molar-refractivity contribution >= 4 is 28.9 Å². The number of aryl methyl sites for hydroxylation is 1. The smallest absolute Gasteiger partial charge is 0.269 e. The van der Waals surface area contributed by atoms with Crippen LogP contribution in [0.25, 0.3) is 17.3 Å². The lowest BCUT2D eigenvalue weighted by Gasteiger charge is -2.10. The normalized spacial score (nSPS) is 11.3. The number of benzene rings is 2. The van der Waals surface area contributed by atoms with Crippen molar-refractivity contribution in [2.24, 2.45) is 0 Å². The van der Waals surface area contributed by atoms with E-state index in [1.54, 1.807) is 30.3 Å². The molecule has 7 heteroatoms. The average Bonchev–Trinajstić information content (AvgIpc) is 2.95. The molecule has 3 aromatic rings. The standard InChI is InChI=1S/C21H15ClFN3O2/c1-13-9-16(14(2)25(13)19-7-8-21(23)20(22)11-19)10-17(12-24)15-3-5-18(6-4-15)26(27)28/h3-11H,1-2H3/b17-10-. The van der Waals surface area contributed by atoms with Crippen molar-refractivity contribution in [3.05, 3.63) is 92.0 Å². The summed E-state index contributed by atoms with van der Waals surface area (Å²) in [6, 6.07) is 14.4. The van der Waals surface area contributed by atoms with Gasteiger partial charge in [0.25, 0.3) is 5.69 Å². The van der Waals surface area contributed by atoms with Crippen molar-refractivity contribution < 1.29 is 9.31 Å². The Morgan fingerprint density at radius 1 is 1.21 bits per heavy atom. The fraction of sp³-hybridized carbons (Fsp3) is 0.0952. The zero-order valence-corrected chi connectivity index (χ0v) is 15.9. The van der Waals surface area contributed by atoms with E-state index < -0.39 is 10.7 Å². The summed E-state index contributed by atoms with van der Waals surface area (Å²) in [5.41, 5.74) is 4.22. The molecule has 0 spiro atoms. The van der Waals surface area contributed by atoms with Crippen molar-refractivity contribution in [3.63, 3.8) is 0 Å². The molecule has 0 saturated heterocycles. The van der Waals surface area contributed by atoms with Crippen molar-refractivity contribution in [3.8, 4) is 11.8 Å². The molecule has 5 nitrogen and oxygen atoms in total. The Kier molecular flexibility index (Phi) is 5.30. The van der Waals surface area contributed by atoms with Crippen LogP contribution in [0.1, 0.15) is 22.5 Å². The first kappa shape index (κ1) is 19.3. The quantitative estimate of drug-likeness (QED) is 0.315. The fourth-order valence-electron chi connectivity index (χ4n) is 3.05. The first-order chi connectivity index (χ1) is 13.3. The number of nitriles is 1. The van der Waals surface area contributed by atoms with Gasteiger partial charge in [0.15, 0.2) is 0 Å². The highest BCUT2D eigenvalue weighted by Crippen LogP contribution is 2.27. The third-order valence-electron chi connectivity index (χ3n) is 4.44. The van der Waals surface area contributed by atoms with Gasteiger partial charge in [-0.3, -0.25) is 10.1 Å². The number of aromatic nitrogens is 1. The van der Waals surface area contributed by atoms with Crippen LogP contribution in [0.3, 0.4) is 0 Å². The Balaban J connectivity index is 2.05. The van der Waals surface area contributed by atoms with E-state index in [0.29, 0.717) is 11.1 Å². The lowest BCUT2D eigenvalue weighted by atomic mass is 10.0. The topological polar surface area (TPSA) is 71.9 Å². The maximum atomic E-state index is 13.5. The Bertz CT molecular complexity index is 1140. The maximum absolute atomic E-state index is 13.5. The molecule has 0 aliphatic heterocycles. The number of nitro groups is 1. The predicted molar refractivity (Wildman–Crippen MR) is 107 cm³/mol.